The number of amides is 3. The molecule has 0 unspecified atom stereocenters. The maximum absolute atomic E-state index is 14.4. The van der Waals surface area contributed by atoms with Crippen molar-refractivity contribution < 1.29 is 38.8 Å². The van der Waals surface area contributed by atoms with Gasteiger partial charge in [0.1, 0.15) is 29.7 Å². The molecule has 394 valence electrons. The van der Waals surface area contributed by atoms with Gasteiger partial charge in [0.15, 0.2) is 23.0 Å². The number of β-amino-alcohol motifs (C(OH)–C–C–N with tert-alkyl or cyclic N) is 1. The van der Waals surface area contributed by atoms with Crippen molar-refractivity contribution in [3.8, 4) is 23.9 Å². The van der Waals surface area contributed by atoms with E-state index in [1.54, 1.807) is 63.6 Å². The number of nitrogens with one attached hydrogen (secondary N) is 3. The molecule has 2 aromatic carbocycles. The number of rotatable bonds is 21. The van der Waals surface area contributed by atoms with Gasteiger partial charge in [-0.25, -0.2) is 23.7 Å². The van der Waals surface area contributed by atoms with Crippen LogP contribution in [0.1, 0.15) is 83.5 Å². The van der Waals surface area contributed by atoms with Gasteiger partial charge >= 0.3 is 0 Å². The van der Waals surface area contributed by atoms with Crippen molar-refractivity contribution in [3.05, 3.63) is 106 Å². The third-order valence-electron chi connectivity index (χ3n) is 13.3. The largest absolute Gasteiger partial charge is 0.505 e. The van der Waals surface area contributed by atoms with E-state index in [2.05, 4.69) is 60.4 Å². The summed E-state index contributed by atoms with van der Waals surface area (Å²) in [5.74, 6) is -0.381. The van der Waals surface area contributed by atoms with E-state index >= 15 is 0 Å². The Hall–Kier alpha value is -7.18. The number of terminal acetylenes is 1. The van der Waals surface area contributed by atoms with Crippen LogP contribution in [-0.4, -0.2) is 138 Å². The van der Waals surface area contributed by atoms with Crippen molar-refractivity contribution >= 4 is 46.1 Å². The lowest BCUT2D eigenvalue weighted by Gasteiger charge is -2.36. The first-order valence-corrected chi connectivity index (χ1v) is 25.0. The second kappa shape index (κ2) is 23.8. The zero-order valence-corrected chi connectivity index (χ0v) is 42.8. The van der Waals surface area contributed by atoms with Crippen molar-refractivity contribution in [2.24, 2.45) is 5.41 Å². The van der Waals surface area contributed by atoms with Gasteiger partial charge in [0.2, 0.25) is 23.7 Å². The Bertz CT molecular complexity index is 2910. The number of allylic oxidation sites excluding steroid dienone is 1. The quantitative estimate of drug-likeness (QED) is 0.0339. The molecule has 5 aromatic rings. The highest BCUT2D eigenvalue weighted by molar-refractivity contribution is 5.93. The van der Waals surface area contributed by atoms with E-state index < -0.39 is 58.5 Å². The van der Waals surface area contributed by atoms with Crippen LogP contribution in [-0.2, 0) is 37.8 Å². The van der Waals surface area contributed by atoms with Crippen molar-refractivity contribution in [1.82, 2.24) is 44.7 Å². The summed E-state index contributed by atoms with van der Waals surface area (Å²) in [6.45, 7) is 17.1. The van der Waals surface area contributed by atoms with Gasteiger partial charge in [-0.05, 0) is 81.1 Å². The van der Waals surface area contributed by atoms with Crippen LogP contribution in [0.25, 0.3) is 16.9 Å². The lowest BCUT2D eigenvalue weighted by Crippen LogP contribution is -2.58. The fourth-order valence-corrected chi connectivity index (χ4v) is 9.14. The molecule has 0 spiro atoms. The van der Waals surface area contributed by atoms with Crippen LogP contribution >= 0.6 is 0 Å². The number of carbonyl (C=O) groups excluding carboxylic acids is 3. The van der Waals surface area contributed by atoms with Gasteiger partial charge in [0.25, 0.3) is 5.56 Å². The molecule has 6 N–H and O–H groups in total. The molecule has 0 radical (unpaired) electrons. The first-order valence-electron chi connectivity index (χ1n) is 25.0. The minimum atomic E-state index is -1.19. The number of unbranched alkanes of at least 4 members (excludes halogenated alkanes) is 3. The predicted octanol–water partition coefficient (Wildman–Crippen LogP) is 4.47. The topological polar surface area (TPSA) is 233 Å². The number of benzene rings is 2. The number of anilines is 3. The summed E-state index contributed by atoms with van der Waals surface area (Å²) >= 11 is 0. The number of aromatic hydroxyl groups is 1. The number of halogens is 1. The molecule has 2 fully saturated rings. The van der Waals surface area contributed by atoms with E-state index in [0.717, 1.165) is 69.8 Å². The van der Waals surface area contributed by atoms with Gasteiger partial charge in [0.05, 0.1) is 23.9 Å². The Morgan fingerprint density at radius 2 is 1.73 bits per heavy atom. The summed E-state index contributed by atoms with van der Waals surface area (Å²) in [6, 6.07) is 14.0. The number of aromatic nitrogens is 5. The van der Waals surface area contributed by atoms with Gasteiger partial charge in [-0.15, -0.1) is 13.0 Å². The van der Waals surface area contributed by atoms with E-state index in [4.69, 9.17) is 16.1 Å². The zero-order valence-electron chi connectivity index (χ0n) is 42.8. The molecule has 0 aliphatic carbocycles. The standard InChI is InChI=1S/C54H68FN11O8/c1-8-23-65-50(71)40-32-57-52(61-48(40)66(65)43-16-14-15-42(59-43)54(6,7)73)58-37-19-21-38(22-20-37)63-27-25-62(26-28-63)24-12-10-11-13-29-74-34-44(68)60-47(53(3,4)5)51(72)64-33-39(67)30-41(64)49(70)56-31-36-18-17-35(9-2)45(55)46(36)69/h2,8,14-22,32,39,41,47,67,69,73H,1,10-13,23-31,33-34H2,3-7H3,(H,56,70)(H,60,68)(H,57,58,61)/t39-,41+,47-/m1/s1. The van der Waals surface area contributed by atoms with Gasteiger partial charge in [0, 0.05) is 75.4 Å². The summed E-state index contributed by atoms with van der Waals surface area (Å²) < 4.78 is 23.2. The minimum absolute atomic E-state index is 0.0321. The summed E-state index contributed by atoms with van der Waals surface area (Å²) in [7, 11) is 0. The van der Waals surface area contributed by atoms with Gasteiger partial charge in [-0.2, -0.15) is 4.98 Å². The van der Waals surface area contributed by atoms with Crippen molar-refractivity contribution in [2.75, 3.05) is 62.7 Å². The Labute approximate surface area is 430 Å². The molecular weight excluding hydrogens is 950 g/mol. The summed E-state index contributed by atoms with van der Waals surface area (Å²) in [4.78, 5) is 73.6. The van der Waals surface area contributed by atoms with Crippen molar-refractivity contribution in [2.45, 2.75) is 104 Å². The Balaban J connectivity index is 0.805. The zero-order chi connectivity index (χ0) is 53.3. The van der Waals surface area contributed by atoms with E-state index in [-0.39, 0.29) is 49.3 Å². The number of aliphatic hydroxyl groups excluding tert-OH is 1. The third kappa shape index (κ3) is 13.1. The monoisotopic (exact) mass is 1020 g/mol. The number of pyridine rings is 1. The molecule has 3 amide bonds. The molecule has 19 nitrogen and oxygen atoms in total. The van der Waals surface area contributed by atoms with E-state index in [0.29, 0.717) is 35.1 Å². The number of piperazine rings is 1. The van der Waals surface area contributed by atoms with Crippen LogP contribution in [0.2, 0.25) is 0 Å². The second-order valence-electron chi connectivity index (χ2n) is 20.4. The van der Waals surface area contributed by atoms with Crippen molar-refractivity contribution in [3.63, 3.8) is 0 Å². The Kier molecular flexibility index (Phi) is 17.5. The Morgan fingerprint density at radius 1 is 1.00 bits per heavy atom. The summed E-state index contributed by atoms with van der Waals surface area (Å²) in [5, 5.41) is 40.3. The molecule has 20 heteroatoms. The summed E-state index contributed by atoms with van der Waals surface area (Å²) in [6.07, 6.45) is 11.1. The average molecular weight is 1020 g/mol. The third-order valence-corrected chi connectivity index (χ3v) is 13.3. The lowest BCUT2D eigenvalue weighted by molar-refractivity contribution is -0.144. The van der Waals surface area contributed by atoms with Gasteiger partial charge in [-0.1, -0.05) is 57.7 Å². The fraction of sp³-hybridized carbons (Fsp3) is 0.463. The maximum Gasteiger partial charge on any atom is 0.278 e. The summed E-state index contributed by atoms with van der Waals surface area (Å²) in [5.41, 5.74) is 0.464. The molecule has 2 aliphatic rings. The number of aliphatic hydroxyl groups is 2. The minimum Gasteiger partial charge on any atom is -0.505 e. The smallest absolute Gasteiger partial charge is 0.278 e. The molecule has 7 rings (SSSR count). The van der Waals surface area contributed by atoms with Crippen LogP contribution in [0.5, 0.6) is 5.75 Å². The normalized spacial score (nSPS) is 16.7. The first-order chi connectivity index (χ1) is 35.3. The number of phenols is 1. The number of hydrogen-bond donors (Lipinski definition) is 6. The highest BCUT2D eigenvalue weighted by Gasteiger charge is 2.44. The van der Waals surface area contributed by atoms with E-state index in [9.17, 15) is 38.9 Å². The van der Waals surface area contributed by atoms with Crippen LogP contribution in [0, 0.1) is 23.6 Å². The first kappa shape index (κ1) is 54.6. The van der Waals surface area contributed by atoms with E-state index in [1.807, 2.05) is 12.1 Å². The molecule has 2 aliphatic heterocycles. The Morgan fingerprint density at radius 3 is 2.42 bits per heavy atom. The molecule has 5 heterocycles. The highest BCUT2D eigenvalue weighted by Crippen LogP contribution is 2.29. The van der Waals surface area contributed by atoms with Crippen LogP contribution < -0.4 is 26.4 Å². The number of likely N-dealkylation sites (tertiary alicyclic amines) is 1. The number of phenolic OH excluding ortho intramolecular Hbond substituents is 1. The van der Waals surface area contributed by atoms with Crippen molar-refractivity contribution in [1.29, 1.82) is 0 Å². The fourth-order valence-electron chi connectivity index (χ4n) is 9.14. The lowest BCUT2D eigenvalue weighted by atomic mass is 9.85. The molecule has 0 bridgehead atoms. The highest BCUT2D eigenvalue weighted by atomic mass is 19.1. The van der Waals surface area contributed by atoms with E-state index in [1.165, 1.54) is 27.9 Å². The number of fused-ring (bicyclic) bond motifs is 1. The molecule has 0 saturated carbocycles. The number of ether oxygens (including phenoxy) is 1. The molecule has 74 heavy (non-hydrogen) atoms. The van der Waals surface area contributed by atoms with Crippen LogP contribution in [0.4, 0.5) is 21.7 Å². The van der Waals surface area contributed by atoms with Gasteiger partial charge < -0.3 is 45.8 Å². The molecule has 3 atom stereocenters. The molecule has 2 saturated heterocycles. The maximum atomic E-state index is 14.4. The number of carbonyl (C=O) groups is 3. The van der Waals surface area contributed by atoms with Gasteiger partial charge in [-0.3, -0.25) is 24.1 Å². The van der Waals surface area contributed by atoms with Crippen LogP contribution in [0.3, 0.4) is 0 Å². The SMILES string of the molecule is C#Cc1ccc(CNC(=O)[C@@H]2C[C@@H](O)CN2C(=O)[C@@H](NC(=O)COCCCCCCN2CCN(c3ccc(Nc4ncc5c(=O)n(CC=C)n(-c6cccc(C(C)(C)O)n6)c5n4)cc3)CC2)C(C)(C)C)c(O)c1F. The number of hydrogen-bond acceptors (Lipinski definition) is 14. The predicted molar refractivity (Wildman–Crippen MR) is 279 cm³/mol. The average Bonchev–Trinajstić information content (AvgIpc) is 3.90. The van der Waals surface area contributed by atoms with Crippen LogP contribution in [0.15, 0.2) is 78.2 Å². The number of nitrogens with zero attached hydrogens (tertiary/aromatic N) is 8. The second-order valence-corrected chi connectivity index (χ2v) is 20.4. The molecule has 3 aromatic heterocycles. The molecular formula is C54H68FN11O8.